The molecule has 1 aromatic heterocycles. The highest BCUT2D eigenvalue weighted by Crippen LogP contribution is 2.32. The molecule has 2 aromatic rings. The molecular weight excluding hydrogens is 424 g/mol. The van der Waals surface area contributed by atoms with E-state index in [1.54, 1.807) is 4.90 Å². The molecule has 29 heavy (non-hydrogen) atoms. The lowest BCUT2D eigenvalue weighted by Gasteiger charge is -2.13. The number of aromatic nitrogens is 2. The summed E-state index contributed by atoms with van der Waals surface area (Å²) in [5.74, 6) is -0.0993. The third-order valence-electron chi connectivity index (χ3n) is 4.31. The molecule has 1 aliphatic rings. The molecule has 0 saturated carbocycles. The molecule has 0 spiro atoms. The summed E-state index contributed by atoms with van der Waals surface area (Å²) in [5.41, 5.74) is 2.18. The highest BCUT2D eigenvalue weighted by atomic mass is 32.2. The zero-order chi connectivity index (χ0) is 20.8. The fraction of sp³-hybridized carbons (Fsp3) is 0.350. The van der Waals surface area contributed by atoms with Crippen LogP contribution >= 0.6 is 35.3 Å². The van der Waals surface area contributed by atoms with E-state index >= 15 is 0 Å². The van der Waals surface area contributed by atoms with Crippen molar-refractivity contribution < 1.29 is 9.59 Å². The van der Waals surface area contributed by atoms with Gasteiger partial charge < -0.3 is 5.32 Å². The summed E-state index contributed by atoms with van der Waals surface area (Å²) in [6, 6.07) is 8.04. The van der Waals surface area contributed by atoms with Gasteiger partial charge in [0.15, 0.2) is 0 Å². The van der Waals surface area contributed by atoms with Crippen LogP contribution in [0.2, 0.25) is 0 Å². The summed E-state index contributed by atoms with van der Waals surface area (Å²) in [5, 5.41) is 11.9. The molecule has 152 valence electrons. The predicted molar refractivity (Wildman–Crippen MR) is 123 cm³/mol. The Morgan fingerprint density at radius 3 is 2.62 bits per heavy atom. The summed E-state index contributed by atoms with van der Waals surface area (Å²) in [4.78, 5) is 26.9. The van der Waals surface area contributed by atoms with E-state index in [0.29, 0.717) is 27.3 Å². The number of aryl methyl sites for hydroxylation is 2. The Morgan fingerprint density at radius 1 is 1.17 bits per heavy atom. The molecule has 1 N–H and O–H groups in total. The second-order valence-corrected chi connectivity index (χ2v) is 9.59. The van der Waals surface area contributed by atoms with Gasteiger partial charge in [0.25, 0.3) is 5.91 Å². The first-order chi connectivity index (χ1) is 13.9. The number of nitrogens with zero attached hydrogens (tertiary/aromatic N) is 3. The molecule has 0 atom stereocenters. The second-order valence-electron chi connectivity index (χ2n) is 6.73. The third-order valence-corrected chi connectivity index (χ3v) is 6.44. The van der Waals surface area contributed by atoms with Crippen LogP contribution in [0.1, 0.15) is 41.8 Å². The minimum Gasteiger partial charge on any atom is -0.301 e. The Bertz CT molecular complexity index is 937. The molecule has 0 bridgehead atoms. The van der Waals surface area contributed by atoms with Crippen molar-refractivity contribution in [3.05, 3.63) is 45.3 Å². The van der Waals surface area contributed by atoms with E-state index in [9.17, 15) is 9.59 Å². The van der Waals surface area contributed by atoms with Crippen molar-refractivity contribution in [2.45, 2.75) is 39.5 Å². The van der Waals surface area contributed by atoms with E-state index < -0.39 is 0 Å². The number of unbranched alkanes of at least 4 members (excludes halogenated alkanes) is 2. The van der Waals surface area contributed by atoms with Gasteiger partial charge in [0.05, 0.1) is 4.91 Å². The lowest BCUT2D eigenvalue weighted by Crippen LogP contribution is -2.29. The van der Waals surface area contributed by atoms with E-state index in [1.165, 1.54) is 28.7 Å². The molecule has 3 rings (SSSR count). The predicted octanol–water partition coefficient (Wildman–Crippen LogP) is 4.56. The average molecular weight is 447 g/mol. The zero-order valence-electron chi connectivity index (χ0n) is 16.3. The Morgan fingerprint density at radius 2 is 1.93 bits per heavy atom. The quantitative estimate of drug-likeness (QED) is 0.364. The average Bonchev–Trinajstić information content (AvgIpc) is 3.20. The maximum atomic E-state index is 12.6. The van der Waals surface area contributed by atoms with E-state index in [-0.39, 0.29) is 11.8 Å². The molecule has 1 aliphatic heterocycles. The number of thioether (sulfide) groups is 1. The number of carbonyl (C=O) groups excluding carboxylic acids is 2. The maximum Gasteiger partial charge on any atom is 0.266 e. The Kier molecular flexibility index (Phi) is 7.51. The summed E-state index contributed by atoms with van der Waals surface area (Å²) in [7, 11) is 0. The molecule has 0 aliphatic carbocycles. The van der Waals surface area contributed by atoms with Crippen LogP contribution in [0.3, 0.4) is 0 Å². The molecule has 1 saturated heterocycles. The van der Waals surface area contributed by atoms with Crippen molar-refractivity contribution in [3.63, 3.8) is 0 Å². The number of anilines is 1. The van der Waals surface area contributed by atoms with Crippen molar-refractivity contribution in [1.29, 1.82) is 0 Å². The normalized spacial score (nSPS) is 15.4. The van der Waals surface area contributed by atoms with Gasteiger partial charge in [-0.3, -0.25) is 14.5 Å². The number of nitrogens with one attached hydrogen (secondary N) is 1. The molecule has 6 nitrogen and oxygen atoms in total. The Balaban J connectivity index is 1.41. The number of hydrogen-bond donors (Lipinski definition) is 1. The standard InChI is InChI=1S/C20H22N4O2S3/c1-13-7-9-15(10-8-13)12-16-18(26)24(20(27)29-16)11-5-3-4-6-17(25)21-19-23-22-14(2)28-19/h7-10,12H,3-6,11H2,1-2H3,(H,21,23,25). The van der Waals surface area contributed by atoms with Gasteiger partial charge in [-0.1, -0.05) is 71.6 Å². The fourth-order valence-electron chi connectivity index (χ4n) is 2.77. The van der Waals surface area contributed by atoms with Crippen LogP contribution in [0.25, 0.3) is 6.08 Å². The van der Waals surface area contributed by atoms with Crippen LogP contribution in [-0.4, -0.2) is 37.8 Å². The summed E-state index contributed by atoms with van der Waals surface area (Å²) in [6.07, 6.45) is 4.70. The monoisotopic (exact) mass is 446 g/mol. The summed E-state index contributed by atoms with van der Waals surface area (Å²) in [6.45, 7) is 4.45. The first-order valence-corrected chi connectivity index (χ1v) is 11.4. The Hall–Kier alpha value is -2.10. The molecular formula is C20H22N4O2S3. The highest BCUT2D eigenvalue weighted by Gasteiger charge is 2.31. The smallest absolute Gasteiger partial charge is 0.266 e. The highest BCUT2D eigenvalue weighted by molar-refractivity contribution is 8.26. The molecule has 0 unspecified atom stereocenters. The fourth-order valence-corrected chi connectivity index (χ4v) is 4.68. The molecule has 0 radical (unpaired) electrons. The minimum absolute atomic E-state index is 0.0371. The van der Waals surface area contributed by atoms with E-state index in [0.717, 1.165) is 29.8 Å². The van der Waals surface area contributed by atoms with Gasteiger partial charge >= 0.3 is 0 Å². The topological polar surface area (TPSA) is 75.2 Å². The number of hydrogen-bond acceptors (Lipinski definition) is 7. The molecule has 2 heterocycles. The van der Waals surface area contributed by atoms with Crippen LogP contribution in [0.15, 0.2) is 29.2 Å². The summed E-state index contributed by atoms with van der Waals surface area (Å²) < 4.78 is 0.595. The van der Waals surface area contributed by atoms with Gasteiger partial charge in [-0.2, -0.15) is 0 Å². The van der Waals surface area contributed by atoms with Gasteiger partial charge in [-0.25, -0.2) is 0 Å². The Labute approximate surface area is 183 Å². The van der Waals surface area contributed by atoms with Crippen molar-refractivity contribution in [3.8, 4) is 0 Å². The summed E-state index contributed by atoms with van der Waals surface area (Å²) >= 11 is 8.08. The number of benzene rings is 1. The lowest BCUT2D eigenvalue weighted by atomic mass is 10.1. The molecule has 1 aromatic carbocycles. The van der Waals surface area contributed by atoms with Crippen LogP contribution < -0.4 is 5.32 Å². The first kappa shape index (κ1) is 21.6. The SMILES string of the molecule is Cc1ccc(C=C2SC(=S)N(CCCCCC(=O)Nc3nnc(C)s3)C2=O)cc1. The maximum absolute atomic E-state index is 12.6. The largest absolute Gasteiger partial charge is 0.301 e. The number of rotatable bonds is 8. The van der Waals surface area contributed by atoms with Crippen LogP contribution in [-0.2, 0) is 9.59 Å². The number of carbonyl (C=O) groups is 2. The van der Waals surface area contributed by atoms with Gasteiger partial charge in [-0.05, 0) is 38.3 Å². The first-order valence-electron chi connectivity index (χ1n) is 9.34. The van der Waals surface area contributed by atoms with Crippen LogP contribution in [0, 0.1) is 13.8 Å². The van der Waals surface area contributed by atoms with Crippen molar-refractivity contribution in [2.75, 3.05) is 11.9 Å². The lowest BCUT2D eigenvalue weighted by molar-refractivity contribution is -0.122. The molecule has 1 fully saturated rings. The van der Waals surface area contributed by atoms with Gasteiger partial charge in [-0.15, -0.1) is 10.2 Å². The minimum atomic E-state index is -0.0622. The van der Waals surface area contributed by atoms with Gasteiger partial charge in [0.2, 0.25) is 11.0 Å². The van der Waals surface area contributed by atoms with Crippen LogP contribution in [0.5, 0.6) is 0 Å². The molecule has 9 heteroatoms. The van der Waals surface area contributed by atoms with Crippen molar-refractivity contribution >= 4 is 62.7 Å². The number of amides is 2. The van der Waals surface area contributed by atoms with E-state index in [1.807, 2.05) is 44.2 Å². The molecule has 2 amide bonds. The van der Waals surface area contributed by atoms with Gasteiger partial charge in [0.1, 0.15) is 9.33 Å². The van der Waals surface area contributed by atoms with E-state index in [2.05, 4.69) is 15.5 Å². The van der Waals surface area contributed by atoms with Gasteiger partial charge in [0, 0.05) is 13.0 Å². The van der Waals surface area contributed by atoms with E-state index in [4.69, 9.17) is 12.2 Å². The second kappa shape index (κ2) is 10.1. The van der Waals surface area contributed by atoms with Crippen molar-refractivity contribution in [1.82, 2.24) is 15.1 Å². The number of thiocarbonyl (C=S) groups is 1. The zero-order valence-corrected chi connectivity index (χ0v) is 18.8. The third kappa shape index (κ3) is 6.19. The van der Waals surface area contributed by atoms with Crippen molar-refractivity contribution in [2.24, 2.45) is 0 Å². The van der Waals surface area contributed by atoms with Crippen LogP contribution in [0.4, 0.5) is 5.13 Å².